The molecule has 4 amide bonds. The van der Waals surface area contributed by atoms with Crippen molar-refractivity contribution in [1.82, 2.24) is 16.0 Å². The predicted molar refractivity (Wildman–Crippen MR) is 129 cm³/mol. The van der Waals surface area contributed by atoms with Gasteiger partial charge in [0.2, 0.25) is 23.6 Å². The van der Waals surface area contributed by atoms with Gasteiger partial charge in [0, 0.05) is 6.42 Å². The lowest BCUT2D eigenvalue weighted by Gasteiger charge is -2.25. The van der Waals surface area contributed by atoms with Crippen LogP contribution in [0, 0.1) is 5.92 Å². The maximum atomic E-state index is 13.0. The van der Waals surface area contributed by atoms with Gasteiger partial charge in [0.1, 0.15) is 23.9 Å². The fourth-order valence-corrected chi connectivity index (χ4v) is 3.30. The van der Waals surface area contributed by atoms with Gasteiger partial charge in [-0.25, -0.2) is 4.79 Å². The minimum absolute atomic E-state index is 0.0653. The first-order valence-corrected chi connectivity index (χ1v) is 11.4. The third kappa shape index (κ3) is 11.4. The van der Waals surface area contributed by atoms with Crippen LogP contribution in [0.25, 0.3) is 0 Å². The second kappa shape index (κ2) is 14.4. The van der Waals surface area contributed by atoms with Crippen molar-refractivity contribution in [3.63, 3.8) is 0 Å². The number of phenolic OH excluding ortho intramolecular Hbond substituents is 1. The fraction of sp³-hybridized carbons (Fsp3) is 0.478. The van der Waals surface area contributed by atoms with Crippen molar-refractivity contribution in [3.8, 4) is 5.75 Å². The molecule has 4 atom stereocenters. The topological polar surface area (TPSA) is 251 Å². The molecule has 1 aromatic rings. The Hall–Kier alpha value is -4.20. The normalized spacial score (nSPS) is 14.1. The van der Waals surface area contributed by atoms with Crippen LogP contribution in [0.1, 0.15) is 38.7 Å². The number of carbonyl (C=O) groups excluding carboxylic acids is 4. The van der Waals surface area contributed by atoms with E-state index < -0.39 is 72.6 Å². The Morgan fingerprint density at radius 3 is 1.81 bits per heavy atom. The minimum Gasteiger partial charge on any atom is -0.508 e. The van der Waals surface area contributed by atoms with Gasteiger partial charge >= 0.3 is 11.9 Å². The summed E-state index contributed by atoms with van der Waals surface area (Å²) in [6, 6.07) is -0.184. The van der Waals surface area contributed by atoms with E-state index >= 15 is 0 Å². The molecule has 1 rings (SSSR count). The molecule has 204 valence electrons. The molecule has 4 unspecified atom stereocenters. The average molecular weight is 524 g/mol. The first-order valence-electron chi connectivity index (χ1n) is 11.4. The largest absolute Gasteiger partial charge is 0.508 e. The van der Waals surface area contributed by atoms with Gasteiger partial charge in [-0.15, -0.1) is 0 Å². The summed E-state index contributed by atoms with van der Waals surface area (Å²) < 4.78 is 0. The number of aliphatic carboxylic acids is 2. The first-order chi connectivity index (χ1) is 17.2. The monoisotopic (exact) mass is 523 g/mol. The number of nitrogens with one attached hydrogen (secondary N) is 3. The van der Waals surface area contributed by atoms with Gasteiger partial charge < -0.3 is 42.7 Å². The standard InChI is InChI=1S/C23H33N5O9/c1-11(2)7-14(24)20(33)26-16(9-18(25)30)22(35)27-15(8-12-3-5-13(29)6-4-12)21(34)28-17(23(36)37)10-19(31)32/h3-6,11,14-17,29H,7-10,24H2,1-2H3,(H2,25,30)(H,26,33)(H,27,35)(H,28,34)(H,31,32)(H,36,37). The molecule has 1 aromatic carbocycles. The van der Waals surface area contributed by atoms with E-state index in [4.69, 9.17) is 16.6 Å². The predicted octanol–water partition coefficient (Wildman–Crippen LogP) is -1.80. The van der Waals surface area contributed by atoms with Gasteiger partial charge in [0.25, 0.3) is 0 Å². The molecule has 14 nitrogen and oxygen atoms in total. The van der Waals surface area contributed by atoms with Crippen molar-refractivity contribution < 1.29 is 44.1 Å². The van der Waals surface area contributed by atoms with Crippen LogP contribution in [0.5, 0.6) is 5.75 Å². The number of hydrogen-bond acceptors (Lipinski definition) is 8. The lowest BCUT2D eigenvalue weighted by Crippen LogP contribution is -2.58. The molecular formula is C23H33N5O9. The van der Waals surface area contributed by atoms with E-state index in [2.05, 4.69) is 16.0 Å². The molecular weight excluding hydrogens is 490 g/mol. The smallest absolute Gasteiger partial charge is 0.326 e. The Balaban J connectivity index is 3.17. The Kier molecular flexibility index (Phi) is 12.0. The van der Waals surface area contributed by atoms with Crippen LogP contribution in [0.2, 0.25) is 0 Å². The van der Waals surface area contributed by atoms with Gasteiger partial charge in [-0.1, -0.05) is 26.0 Å². The van der Waals surface area contributed by atoms with Crippen molar-refractivity contribution in [2.75, 3.05) is 0 Å². The number of phenols is 1. The SMILES string of the molecule is CC(C)CC(N)C(=O)NC(CC(N)=O)C(=O)NC(Cc1ccc(O)cc1)C(=O)NC(CC(=O)O)C(=O)O. The van der Waals surface area contributed by atoms with Crippen molar-refractivity contribution in [3.05, 3.63) is 29.8 Å². The van der Waals surface area contributed by atoms with E-state index in [-0.39, 0.29) is 18.1 Å². The highest BCUT2D eigenvalue weighted by Gasteiger charge is 2.32. The summed E-state index contributed by atoms with van der Waals surface area (Å²) in [6.45, 7) is 3.67. The molecule has 0 aliphatic rings. The highest BCUT2D eigenvalue weighted by atomic mass is 16.4. The summed E-state index contributed by atoms with van der Waals surface area (Å²) in [5.41, 5.74) is 11.5. The number of carboxylic acid groups (broad SMARTS) is 2. The van der Waals surface area contributed by atoms with Crippen molar-refractivity contribution >= 4 is 35.6 Å². The molecule has 10 N–H and O–H groups in total. The Morgan fingerprint density at radius 1 is 0.811 bits per heavy atom. The van der Waals surface area contributed by atoms with E-state index in [0.717, 1.165) is 0 Å². The number of aromatic hydroxyl groups is 1. The molecule has 0 fully saturated rings. The second-order valence-electron chi connectivity index (χ2n) is 8.90. The Bertz CT molecular complexity index is 997. The van der Waals surface area contributed by atoms with Gasteiger partial charge in [-0.3, -0.25) is 24.0 Å². The number of carbonyl (C=O) groups is 6. The lowest BCUT2D eigenvalue weighted by atomic mass is 10.0. The number of benzene rings is 1. The highest BCUT2D eigenvalue weighted by molar-refractivity contribution is 5.96. The van der Waals surface area contributed by atoms with E-state index in [1.807, 2.05) is 13.8 Å². The average Bonchev–Trinajstić information content (AvgIpc) is 2.77. The lowest BCUT2D eigenvalue weighted by molar-refractivity contribution is -0.147. The molecule has 0 aromatic heterocycles. The first kappa shape index (κ1) is 30.8. The van der Waals surface area contributed by atoms with Crippen molar-refractivity contribution in [2.45, 2.75) is 63.7 Å². The minimum atomic E-state index is -1.79. The van der Waals surface area contributed by atoms with Gasteiger partial charge in [0.15, 0.2) is 0 Å². The number of hydrogen-bond donors (Lipinski definition) is 8. The molecule has 0 saturated heterocycles. The van der Waals surface area contributed by atoms with Crippen LogP contribution < -0.4 is 27.4 Å². The summed E-state index contributed by atoms with van der Waals surface area (Å²) >= 11 is 0. The number of nitrogens with two attached hydrogens (primary N) is 2. The van der Waals surface area contributed by atoms with Crippen molar-refractivity contribution in [1.29, 1.82) is 0 Å². The zero-order valence-corrected chi connectivity index (χ0v) is 20.5. The second-order valence-corrected chi connectivity index (χ2v) is 8.90. The van der Waals surface area contributed by atoms with Crippen LogP contribution in [0.4, 0.5) is 0 Å². The van der Waals surface area contributed by atoms with E-state index in [1.165, 1.54) is 24.3 Å². The number of carboxylic acids is 2. The number of rotatable bonds is 15. The van der Waals surface area contributed by atoms with Gasteiger partial charge in [-0.2, -0.15) is 0 Å². The molecule has 14 heteroatoms. The fourth-order valence-electron chi connectivity index (χ4n) is 3.30. The summed E-state index contributed by atoms with van der Waals surface area (Å²) in [4.78, 5) is 72.3. The van der Waals surface area contributed by atoms with Gasteiger partial charge in [0.05, 0.1) is 18.9 Å². The quantitative estimate of drug-likeness (QED) is 0.128. The van der Waals surface area contributed by atoms with Crippen LogP contribution >= 0.6 is 0 Å². The van der Waals surface area contributed by atoms with Crippen LogP contribution in [-0.2, 0) is 35.2 Å². The Morgan fingerprint density at radius 2 is 1.32 bits per heavy atom. The van der Waals surface area contributed by atoms with Crippen LogP contribution in [0.3, 0.4) is 0 Å². The van der Waals surface area contributed by atoms with Crippen molar-refractivity contribution in [2.24, 2.45) is 17.4 Å². The molecule has 0 aliphatic carbocycles. The van der Waals surface area contributed by atoms with Crippen LogP contribution in [0.15, 0.2) is 24.3 Å². The third-order valence-corrected chi connectivity index (χ3v) is 5.10. The summed E-state index contributed by atoms with van der Waals surface area (Å²) in [5, 5.41) is 34.4. The molecule has 0 heterocycles. The molecule has 0 aliphatic heterocycles. The zero-order valence-electron chi connectivity index (χ0n) is 20.5. The molecule has 0 saturated carbocycles. The number of amides is 4. The Labute approximate surface area is 212 Å². The van der Waals surface area contributed by atoms with E-state index in [1.54, 1.807) is 0 Å². The van der Waals surface area contributed by atoms with Crippen LogP contribution in [-0.4, -0.2) is 75.1 Å². The number of primary amides is 1. The van der Waals surface area contributed by atoms with Gasteiger partial charge in [-0.05, 0) is 30.0 Å². The molecule has 0 radical (unpaired) electrons. The summed E-state index contributed by atoms with van der Waals surface area (Å²) in [6.07, 6.45) is -1.45. The third-order valence-electron chi connectivity index (χ3n) is 5.10. The molecule has 37 heavy (non-hydrogen) atoms. The summed E-state index contributed by atoms with van der Waals surface area (Å²) in [5.74, 6) is -6.74. The summed E-state index contributed by atoms with van der Waals surface area (Å²) in [7, 11) is 0. The maximum absolute atomic E-state index is 13.0. The molecule has 0 bridgehead atoms. The molecule has 0 spiro atoms. The zero-order chi connectivity index (χ0) is 28.3. The van der Waals surface area contributed by atoms with E-state index in [9.17, 15) is 39.0 Å². The highest BCUT2D eigenvalue weighted by Crippen LogP contribution is 2.12. The van der Waals surface area contributed by atoms with E-state index in [0.29, 0.717) is 12.0 Å². The maximum Gasteiger partial charge on any atom is 0.326 e.